The van der Waals surface area contributed by atoms with E-state index in [-0.39, 0.29) is 5.28 Å². The number of benzene rings is 4. The maximum atomic E-state index is 5.92. The number of hydrogen-bond donors (Lipinski definition) is 0. The van der Waals surface area contributed by atoms with Crippen molar-refractivity contribution in [1.29, 1.82) is 0 Å². The van der Waals surface area contributed by atoms with Gasteiger partial charge in [-0.25, -0.2) is 9.97 Å². The smallest absolute Gasteiger partial charge is 0.216 e. The van der Waals surface area contributed by atoms with E-state index in [1.54, 1.807) is 0 Å². The fraction of sp³-hybridized carbons (Fsp3) is 0. The monoisotopic (exact) mass is 341 g/mol. The van der Waals surface area contributed by atoms with E-state index in [0.717, 1.165) is 5.56 Å². The van der Waals surface area contributed by atoms with Gasteiger partial charge in [-0.3, -0.25) is 0 Å². The molecule has 5 aromatic rings. The van der Waals surface area contributed by atoms with E-state index in [1.807, 2.05) is 6.07 Å². The number of rotatable bonds is 1. The van der Waals surface area contributed by atoms with Crippen molar-refractivity contribution in [3.63, 3.8) is 0 Å². The summed E-state index contributed by atoms with van der Waals surface area (Å²) in [4.78, 5) is 12.3. The predicted molar refractivity (Wildman–Crippen MR) is 103 cm³/mol. The van der Waals surface area contributed by atoms with Crippen LogP contribution in [0.2, 0.25) is 5.28 Å². The summed E-state index contributed by atoms with van der Waals surface area (Å²) < 4.78 is 0. The molecule has 0 aliphatic carbocycles. The molecule has 0 N–H and O–H groups in total. The van der Waals surface area contributed by atoms with Crippen LogP contribution < -0.4 is 0 Å². The van der Waals surface area contributed by atoms with Crippen LogP contribution in [0, 0.1) is 0 Å². The molecule has 25 heavy (non-hydrogen) atoms. The molecule has 0 aliphatic rings. The van der Waals surface area contributed by atoms with Crippen molar-refractivity contribution >= 4 is 43.9 Å². The fourth-order valence-corrected chi connectivity index (χ4v) is 3.59. The zero-order valence-electron chi connectivity index (χ0n) is 13.1. The van der Waals surface area contributed by atoms with E-state index in [0.29, 0.717) is 5.82 Å². The van der Waals surface area contributed by atoms with Crippen molar-refractivity contribution in [3.05, 3.63) is 78.3 Å². The highest BCUT2D eigenvalue weighted by atomic mass is 35.5. The molecule has 5 rings (SSSR count). The lowest BCUT2D eigenvalue weighted by Gasteiger charge is -2.11. The number of nitrogens with zero attached hydrogens (tertiary/aromatic N) is 3. The van der Waals surface area contributed by atoms with E-state index >= 15 is 0 Å². The maximum absolute atomic E-state index is 5.92. The molecular formula is C21H12ClN3. The first kappa shape index (κ1) is 14.3. The average Bonchev–Trinajstić information content (AvgIpc) is 2.68. The highest BCUT2D eigenvalue weighted by Gasteiger charge is 2.10. The lowest BCUT2D eigenvalue weighted by atomic mass is 9.93. The normalized spacial score (nSPS) is 11.4. The molecule has 0 atom stereocenters. The third-order valence-electron chi connectivity index (χ3n) is 4.54. The number of hydrogen-bond acceptors (Lipinski definition) is 3. The molecule has 0 unspecified atom stereocenters. The molecule has 1 aromatic heterocycles. The van der Waals surface area contributed by atoms with Crippen molar-refractivity contribution in [2.75, 3.05) is 0 Å². The summed E-state index contributed by atoms with van der Waals surface area (Å²) in [6.07, 6.45) is 1.44. The van der Waals surface area contributed by atoms with Crippen LogP contribution in [-0.2, 0) is 0 Å². The van der Waals surface area contributed by atoms with E-state index in [9.17, 15) is 0 Å². The van der Waals surface area contributed by atoms with Gasteiger partial charge >= 0.3 is 0 Å². The fourth-order valence-electron chi connectivity index (χ4n) is 3.46. The standard InChI is InChI=1S/C21H12ClN3/c22-21-24-12-23-20(25-21)13-9-10-18-16-7-2-1-5-14(16)15-6-3-4-8-17(15)19(18)11-13/h1-12H. The van der Waals surface area contributed by atoms with Gasteiger partial charge in [-0.15, -0.1) is 0 Å². The van der Waals surface area contributed by atoms with Gasteiger partial charge in [0.2, 0.25) is 5.28 Å². The molecule has 0 aliphatic heterocycles. The summed E-state index contributed by atoms with van der Waals surface area (Å²) in [5.74, 6) is 0.583. The summed E-state index contributed by atoms with van der Waals surface area (Å²) in [5, 5.41) is 7.59. The van der Waals surface area contributed by atoms with Crippen molar-refractivity contribution in [3.8, 4) is 11.4 Å². The van der Waals surface area contributed by atoms with Crippen LogP contribution in [0.15, 0.2) is 73.1 Å². The summed E-state index contributed by atoms with van der Waals surface area (Å²) >= 11 is 5.92. The van der Waals surface area contributed by atoms with Crippen LogP contribution in [0.3, 0.4) is 0 Å². The Morgan fingerprint density at radius 2 is 1.16 bits per heavy atom. The van der Waals surface area contributed by atoms with Crippen molar-refractivity contribution < 1.29 is 0 Å². The van der Waals surface area contributed by atoms with Crippen molar-refractivity contribution in [2.24, 2.45) is 0 Å². The molecule has 0 fully saturated rings. The Hall–Kier alpha value is -3.04. The summed E-state index contributed by atoms with van der Waals surface area (Å²) in [5.41, 5.74) is 0.928. The Kier molecular flexibility index (Phi) is 3.15. The first-order chi connectivity index (χ1) is 12.3. The molecule has 0 amide bonds. The van der Waals surface area contributed by atoms with Crippen LogP contribution in [0.4, 0.5) is 0 Å². The van der Waals surface area contributed by atoms with Gasteiger partial charge in [-0.2, -0.15) is 4.98 Å². The molecule has 118 valence electrons. The Balaban J connectivity index is 1.93. The van der Waals surface area contributed by atoms with Crippen LogP contribution in [0.1, 0.15) is 0 Å². The zero-order valence-corrected chi connectivity index (χ0v) is 13.9. The number of halogens is 1. The number of fused-ring (bicyclic) bond motifs is 6. The van der Waals surface area contributed by atoms with Gasteiger partial charge in [0.25, 0.3) is 0 Å². The Morgan fingerprint density at radius 3 is 1.76 bits per heavy atom. The highest BCUT2D eigenvalue weighted by Crippen LogP contribution is 2.36. The van der Waals surface area contributed by atoms with Crippen LogP contribution in [0.5, 0.6) is 0 Å². The molecule has 1 heterocycles. The maximum Gasteiger partial charge on any atom is 0.225 e. The molecule has 0 saturated heterocycles. The second-order valence-electron chi connectivity index (χ2n) is 5.93. The van der Waals surface area contributed by atoms with Gasteiger partial charge in [0.05, 0.1) is 0 Å². The Labute approximate surface area is 148 Å². The van der Waals surface area contributed by atoms with Gasteiger partial charge in [-0.05, 0) is 50.0 Å². The predicted octanol–water partition coefficient (Wildman–Crippen LogP) is 5.65. The SMILES string of the molecule is Clc1ncnc(-c2ccc3c4ccccc4c4ccccc4c3c2)n1. The highest BCUT2D eigenvalue weighted by molar-refractivity contribution is 6.28. The molecule has 0 spiro atoms. The van der Waals surface area contributed by atoms with E-state index in [4.69, 9.17) is 11.6 Å². The topological polar surface area (TPSA) is 38.7 Å². The van der Waals surface area contributed by atoms with Gasteiger partial charge in [0.15, 0.2) is 5.82 Å². The minimum absolute atomic E-state index is 0.202. The molecule has 0 saturated carbocycles. The Bertz CT molecular complexity index is 1230. The van der Waals surface area contributed by atoms with E-state index in [1.165, 1.54) is 38.6 Å². The zero-order chi connectivity index (χ0) is 16.8. The molecule has 0 radical (unpaired) electrons. The van der Waals surface area contributed by atoms with Crippen molar-refractivity contribution in [2.45, 2.75) is 0 Å². The van der Waals surface area contributed by atoms with Crippen LogP contribution >= 0.6 is 11.6 Å². The average molecular weight is 342 g/mol. The summed E-state index contributed by atoms with van der Waals surface area (Å²) in [6, 6.07) is 23.3. The van der Waals surface area contributed by atoms with Crippen LogP contribution in [0.25, 0.3) is 43.7 Å². The number of aromatic nitrogens is 3. The largest absolute Gasteiger partial charge is 0.225 e. The quantitative estimate of drug-likeness (QED) is 0.370. The lowest BCUT2D eigenvalue weighted by molar-refractivity contribution is 1.06. The molecular weight excluding hydrogens is 330 g/mol. The molecule has 3 nitrogen and oxygen atoms in total. The second-order valence-corrected chi connectivity index (χ2v) is 6.27. The minimum Gasteiger partial charge on any atom is -0.216 e. The van der Waals surface area contributed by atoms with E-state index in [2.05, 4.69) is 75.6 Å². The molecule has 4 aromatic carbocycles. The third-order valence-corrected chi connectivity index (χ3v) is 4.73. The third kappa shape index (κ3) is 2.24. The minimum atomic E-state index is 0.202. The van der Waals surface area contributed by atoms with Gasteiger partial charge in [0.1, 0.15) is 6.33 Å². The lowest BCUT2D eigenvalue weighted by Crippen LogP contribution is -1.92. The van der Waals surface area contributed by atoms with Crippen LogP contribution in [-0.4, -0.2) is 15.0 Å². The first-order valence-corrected chi connectivity index (χ1v) is 8.37. The first-order valence-electron chi connectivity index (χ1n) is 7.99. The van der Waals surface area contributed by atoms with E-state index < -0.39 is 0 Å². The summed E-state index contributed by atoms with van der Waals surface area (Å²) in [7, 11) is 0. The molecule has 4 heteroatoms. The second kappa shape index (κ2) is 5.50. The van der Waals surface area contributed by atoms with Gasteiger partial charge in [-0.1, -0.05) is 60.7 Å². The van der Waals surface area contributed by atoms with Gasteiger partial charge in [0, 0.05) is 5.56 Å². The molecule has 0 bridgehead atoms. The van der Waals surface area contributed by atoms with Gasteiger partial charge < -0.3 is 0 Å². The Morgan fingerprint density at radius 1 is 0.600 bits per heavy atom. The van der Waals surface area contributed by atoms with Crippen molar-refractivity contribution in [1.82, 2.24) is 15.0 Å². The summed E-state index contributed by atoms with van der Waals surface area (Å²) in [6.45, 7) is 0.